The van der Waals surface area contributed by atoms with Crippen LogP contribution in [0.2, 0.25) is 0 Å². The minimum Gasteiger partial charge on any atom is -0.726 e. The van der Waals surface area contributed by atoms with Crippen LogP contribution in [-0.2, 0) is 29.2 Å². The second kappa shape index (κ2) is 67.8. The van der Waals surface area contributed by atoms with Crippen LogP contribution in [0.15, 0.2) is 0 Å². The molecule has 11 heteroatoms. The van der Waals surface area contributed by atoms with E-state index in [0.29, 0.717) is 0 Å². The summed E-state index contributed by atoms with van der Waals surface area (Å²) in [7, 11) is -9.16. The van der Waals surface area contributed by atoms with Crippen molar-refractivity contribution in [3.05, 3.63) is 0 Å². The van der Waals surface area contributed by atoms with Gasteiger partial charge in [0.15, 0.2) is 0 Å². The summed E-state index contributed by atoms with van der Waals surface area (Å²) in [5, 5.41) is 0. The predicted molar refractivity (Wildman–Crippen MR) is 335 cm³/mol. The normalized spacial score (nSPS) is 12.6. The molecule has 0 spiro atoms. The monoisotopic (exact) mass is 1160 g/mol. The molecule has 0 rings (SSSR count). The number of rotatable bonds is 64. The molecule has 8 nitrogen and oxygen atoms in total. The smallest absolute Gasteiger partial charge is 0.726 e. The largest absolute Gasteiger partial charge is 2.00 e. The molecule has 0 aliphatic rings. The SMILES string of the molecule is CCCCCCCCCCCCCCCCCCCCCCC(CCCCCCCCC)COS(=O)(=O)[O-].CCCCCCCCCCCCCCCCCCCCCCC(CCCCCCCCC)COS(=O)(=O)[O-].[Ca+2]. The van der Waals surface area contributed by atoms with Crippen molar-refractivity contribution in [1.29, 1.82) is 0 Å². The number of hydrogen-bond acceptors (Lipinski definition) is 8. The molecular formula is C66H134CaO8S2. The van der Waals surface area contributed by atoms with Gasteiger partial charge in [0.05, 0.1) is 13.2 Å². The summed E-state index contributed by atoms with van der Waals surface area (Å²) in [4.78, 5) is 0. The van der Waals surface area contributed by atoms with Crippen molar-refractivity contribution in [3.63, 3.8) is 0 Å². The molecule has 0 amide bonds. The summed E-state index contributed by atoms with van der Waals surface area (Å²) in [5.41, 5.74) is 0. The van der Waals surface area contributed by atoms with E-state index in [1.807, 2.05) is 0 Å². The fraction of sp³-hybridized carbons (Fsp3) is 1.00. The van der Waals surface area contributed by atoms with Crippen LogP contribution >= 0.6 is 0 Å². The van der Waals surface area contributed by atoms with Crippen molar-refractivity contribution in [2.75, 3.05) is 13.2 Å². The van der Waals surface area contributed by atoms with E-state index < -0.39 is 20.8 Å². The average molecular weight is 1160 g/mol. The maximum absolute atomic E-state index is 10.9. The van der Waals surface area contributed by atoms with Gasteiger partial charge in [-0.3, -0.25) is 8.37 Å². The predicted octanol–water partition coefficient (Wildman–Crippen LogP) is 22.5. The van der Waals surface area contributed by atoms with E-state index in [1.54, 1.807) is 0 Å². The Balaban J connectivity index is -0.00000140. The molecule has 0 aromatic heterocycles. The van der Waals surface area contributed by atoms with Gasteiger partial charge < -0.3 is 9.11 Å². The molecule has 0 aliphatic carbocycles. The summed E-state index contributed by atoms with van der Waals surface area (Å²) in [6, 6.07) is 0. The number of hydrogen-bond donors (Lipinski definition) is 0. The molecule has 0 N–H and O–H groups in total. The topological polar surface area (TPSA) is 133 Å². The van der Waals surface area contributed by atoms with E-state index in [0.717, 1.165) is 51.4 Å². The van der Waals surface area contributed by atoms with Crippen LogP contribution in [0, 0.1) is 11.8 Å². The first kappa shape index (κ1) is 82.2. The fourth-order valence-electron chi connectivity index (χ4n) is 11.1. The van der Waals surface area contributed by atoms with Crippen LogP contribution in [0.4, 0.5) is 0 Å². The van der Waals surface area contributed by atoms with Gasteiger partial charge in [-0.05, 0) is 37.5 Å². The van der Waals surface area contributed by atoms with Crippen molar-refractivity contribution in [3.8, 4) is 0 Å². The Morgan fingerprint density at radius 1 is 0.234 bits per heavy atom. The van der Waals surface area contributed by atoms with Crippen molar-refractivity contribution < 1.29 is 34.3 Å². The minimum atomic E-state index is -4.58. The first-order chi connectivity index (χ1) is 37.0. The van der Waals surface area contributed by atoms with Gasteiger partial charge in [-0.1, -0.05) is 374 Å². The molecule has 0 heterocycles. The van der Waals surface area contributed by atoms with Crippen LogP contribution in [0.1, 0.15) is 400 Å². The van der Waals surface area contributed by atoms with E-state index in [2.05, 4.69) is 36.1 Å². The Hall–Kier alpha value is 1.000. The van der Waals surface area contributed by atoms with Crippen LogP contribution in [0.25, 0.3) is 0 Å². The standard InChI is InChI=1S/2C33H68O4S.Ca/c2*1-3-5-7-9-11-12-13-14-15-16-17-18-19-20-21-22-23-25-27-29-31-33(32-37-38(34,35)36)30-28-26-24-10-8-6-4-2;/h2*33H,3-32H2,1-2H3,(H,34,35,36);/q;;+2/p-2. The first-order valence-electron chi connectivity index (χ1n) is 34.2. The minimum absolute atomic E-state index is 0. The quantitative estimate of drug-likeness (QED) is 0.0254. The molecule has 0 aromatic carbocycles. The second-order valence-corrected chi connectivity index (χ2v) is 26.1. The zero-order valence-corrected chi connectivity index (χ0v) is 56.2. The molecule has 77 heavy (non-hydrogen) atoms. The molecule has 0 saturated heterocycles. The van der Waals surface area contributed by atoms with E-state index in [9.17, 15) is 25.9 Å². The van der Waals surface area contributed by atoms with Crippen molar-refractivity contribution in [1.82, 2.24) is 0 Å². The summed E-state index contributed by atoms with van der Waals surface area (Å²) in [5.74, 6) is 0.398. The van der Waals surface area contributed by atoms with Crippen LogP contribution < -0.4 is 0 Å². The van der Waals surface area contributed by atoms with Crippen molar-refractivity contribution in [2.45, 2.75) is 400 Å². The maximum atomic E-state index is 10.9. The Kier molecular flexibility index (Phi) is 72.4. The average Bonchev–Trinajstić information content (AvgIpc) is 3.39. The van der Waals surface area contributed by atoms with Crippen molar-refractivity contribution in [2.24, 2.45) is 11.8 Å². The van der Waals surface area contributed by atoms with Crippen LogP contribution in [0.3, 0.4) is 0 Å². The molecule has 0 aromatic rings. The van der Waals surface area contributed by atoms with Gasteiger partial charge in [0.25, 0.3) is 0 Å². The third-order valence-corrected chi connectivity index (χ3v) is 17.1. The van der Waals surface area contributed by atoms with Crippen LogP contribution in [0.5, 0.6) is 0 Å². The zero-order valence-electron chi connectivity index (χ0n) is 52.4. The Morgan fingerprint density at radius 2 is 0.351 bits per heavy atom. The number of unbranched alkanes of at least 4 members (excludes halogenated alkanes) is 50. The molecule has 2 unspecified atom stereocenters. The van der Waals surface area contributed by atoms with Gasteiger partial charge in [0.1, 0.15) is 0 Å². The van der Waals surface area contributed by atoms with Gasteiger partial charge in [-0.15, -0.1) is 0 Å². The molecule has 0 radical (unpaired) electrons. The first-order valence-corrected chi connectivity index (χ1v) is 36.9. The second-order valence-electron chi connectivity index (χ2n) is 23.9. The third-order valence-electron chi connectivity index (χ3n) is 16.3. The Labute approximate surface area is 513 Å². The van der Waals surface area contributed by atoms with Gasteiger partial charge in [0, 0.05) is 0 Å². The van der Waals surface area contributed by atoms with Crippen LogP contribution in [-0.4, -0.2) is 76.9 Å². The zero-order chi connectivity index (χ0) is 56.0. The molecule has 0 fully saturated rings. The molecular weight excluding hydrogens is 1020 g/mol. The molecule has 0 saturated carbocycles. The molecule has 0 bridgehead atoms. The summed E-state index contributed by atoms with van der Waals surface area (Å²) < 4.78 is 74.6. The third kappa shape index (κ3) is 77.0. The fourth-order valence-corrected chi connectivity index (χ4v) is 11.9. The van der Waals surface area contributed by atoms with Gasteiger partial charge >= 0.3 is 37.7 Å². The van der Waals surface area contributed by atoms with E-state index >= 15 is 0 Å². The summed E-state index contributed by atoms with van der Waals surface area (Å²) >= 11 is 0. The van der Waals surface area contributed by atoms with E-state index in [1.165, 1.54) is 321 Å². The molecule has 0 aliphatic heterocycles. The van der Waals surface area contributed by atoms with Gasteiger partial charge in [-0.2, -0.15) is 0 Å². The summed E-state index contributed by atoms with van der Waals surface area (Å²) in [6.07, 6.45) is 76.5. The van der Waals surface area contributed by atoms with Gasteiger partial charge in [0.2, 0.25) is 20.8 Å². The van der Waals surface area contributed by atoms with Gasteiger partial charge in [-0.25, -0.2) is 16.8 Å². The Morgan fingerprint density at radius 3 is 0.468 bits per heavy atom. The molecule has 460 valence electrons. The maximum Gasteiger partial charge on any atom is 2.00 e. The Bertz CT molecular complexity index is 1200. The summed E-state index contributed by atoms with van der Waals surface area (Å²) in [6.45, 7) is 9.18. The van der Waals surface area contributed by atoms with E-state index in [-0.39, 0.29) is 62.8 Å². The molecule has 2 atom stereocenters. The van der Waals surface area contributed by atoms with Crippen molar-refractivity contribution >= 4 is 58.5 Å². The van der Waals surface area contributed by atoms with E-state index in [4.69, 9.17) is 0 Å².